The van der Waals surface area contributed by atoms with Crippen molar-refractivity contribution in [3.8, 4) is 0 Å². The van der Waals surface area contributed by atoms with E-state index in [-0.39, 0.29) is 11.7 Å². The molecule has 2 fully saturated rings. The van der Waals surface area contributed by atoms with Crippen molar-refractivity contribution in [3.05, 3.63) is 22.7 Å². The highest BCUT2D eigenvalue weighted by atomic mass is 16.3. The van der Waals surface area contributed by atoms with Gasteiger partial charge in [0.25, 0.3) is 5.56 Å². The van der Waals surface area contributed by atoms with Crippen molar-refractivity contribution in [2.45, 2.75) is 45.1 Å². The van der Waals surface area contributed by atoms with Crippen LogP contribution in [0.25, 0.3) is 0 Å². The number of hydrogen-bond acceptors (Lipinski definition) is 5. The maximum Gasteiger partial charge on any atom is 0.293 e. The highest BCUT2D eigenvalue weighted by Gasteiger charge is 2.24. The van der Waals surface area contributed by atoms with Gasteiger partial charge in [-0.3, -0.25) is 9.79 Å². The molecule has 2 heterocycles. The Kier molecular flexibility index (Phi) is 7.30. The first-order chi connectivity index (χ1) is 13.6. The molecule has 8 nitrogen and oxygen atoms in total. The topological polar surface area (TPSA) is 86.0 Å². The van der Waals surface area contributed by atoms with Crippen molar-refractivity contribution in [3.63, 3.8) is 0 Å². The summed E-state index contributed by atoms with van der Waals surface area (Å²) in [6, 6.07) is 0. The van der Waals surface area contributed by atoms with E-state index in [2.05, 4.69) is 22.1 Å². The van der Waals surface area contributed by atoms with Crippen molar-refractivity contribution in [2.24, 2.45) is 18.0 Å². The second kappa shape index (κ2) is 9.91. The van der Waals surface area contributed by atoms with E-state index in [4.69, 9.17) is 4.99 Å². The van der Waals surface area contributed by atoms with Crippen LogP contribution < -0.4 is 15.8 Å². The van der Waals surface area contributed by atoms with Crippen LogP contribution in [0.4, 0.5) is 5.82 Å². The standard InChI is InChI=1S/C20H34N6O2/c1-3-21-20(23-15-17(27)16-7-5-4-6-8-16)26-13-11-25(12-14-26)18-19(28)24(2)10-9-22-18/h9-10,16-17,27H,3-8,11-15H2,1-2H3,(H,21,23). The highest BCUT2D eigenvalue weighted by Crippen LogP contribution is 2.26. The number of aliphatic hydroxyl groups excluding tert-OH is 1. The number of hydrogen-bond donors (Lipinski definition) is 2. The van der Waals surface area contributed by atoms with Crippen molar-refractivity contribution in [1.29, 1.82) is 0 Å². The molecule has 0 spiro atoms. The predicted molar refractivity (Wildman–Crippen MR) is 112 cm³/mol. The van der Waals surface area contributed by atoms with Crippen molar-refractivity contribution in [1.82, 2.24) is 19.8 Å². The van der Waals surface area contributed by atoms with E-state index in [9.17, 15) is 9.90 Å². The molecule has 1 saturated heterocycles. The zero-order valence-corrected chi connectivity index (χ0v) is 17.2. The van der Waals surface area contributed by atoms with Crippen LogP contribution in [0.15, 0.2) is 22.2 Å². The average Bonchev–Trinajstić information content (AvgIpc) is 2.74. The lowest BCUT2D eigenvalue weighted by molar-refractivity contribution is 0.0921. The second-order valence-electron chi connectivity index (χ2n) is 7.80. The number of piperazine rings is 1. The van der Waals surface area contributed by atoms with E-state index in [0.717, 1.165) is 51.5 Å². The summed E-state index contributed by atoms with van der Waals surface area (Å²) in [4.78, 5) is 25.5. The Morgan fingerprint density at radius 2 is 2.00 bits per heavy atom. The first kappa shape index (κ1) is 20.6. The summed E-state index contributed by atoms with van der Waals surface area (Å²) in [7, 11) is 1.75. The molecule has 156 valence electrons. The van der Waals surface area contributed by atoms with Crippen LogP contribution in [0, 0.1) is 5.92 Å². The maximum absolute atomic E-state index is 12.3. The Morgan fingerprint density at radius 3 is 2.68 bits per heavy atom. The molecule has 1 aliphatic heterocycles. The van der Waals surface area contributed by atoms with Gasteiger partial charge in [0.15, 0.2) is 11.8 Å². The van der Waals surface area contributed by atoms with E-state index in [1.807, 2.05) is 4.90 Å². The lowest BCUT2D eigenvalue weighted by Crippen LogP contribution is -2.54. The molecule has 0 radical (unpaired) electrons. The average molecular weight is 391 g/mol. The van der Waals surface area contributed by atoms with Crippen molar-refractivity contribution in [2.75, 3.05) is 44.2 Å². The molecule has 1 saturated carbocycles. The number of anilines is 1. The fourth-order valence-electron chi connectivity index (χ4n) is 4.11. The van der Waals surface area contributed by atoms with E-state index in [1.165, 1.54) is 19.3 Å². The molecule has 3 rings (SSSR count). The maximum atomic E-state index is 12.3. The minimum Gasteiger partial charge on any atom is -0.391 e. The largest absolute Gasteiger partial charge is 0.391 e. The summed E-state index contributed by atoms with van der Waals surface area (Å²) < 4.78 is 1.56. The van der Waals surface area contributed by atoms with Gasteiger partial charge in [-0.25, -0.2) is 4.98 Å². The predicted octanol–water partition coefficient (Wildman–Crippen LogP) is 0.809. The van der Waals surface area contributed by atoms with Gasteiger partial charge in [-0.2, -0.15) is 0 Å². The summed E-state index contributed by atoms with van der Waals surface area (Å²) in [5.41, 5.74) is -0.0628. The van der Waals surface area contributed by atoms with Gasteiger partial charge < -0.3 is 24.8 Å². The number of aryl methyl sites for hydroxylation is 1. The number of aromatic nitrogens is 2. The van der Waals surface area contributed by atoms with E-state index >= 15 is 0 Å². The lowest BCUT2D eigenvalue weighted by Gasteiger charge is -2.37. The second-order valence-corrected chi connectivity index (χ2v) is 7.80. The molecule has 1 aliphatic carbocycles. The van der Waals surface area contributed by atoms with Gasteiger partial charge >= 0.3 is 0 Å². The number of aliphatic hydroxyl groups is 1. The third kappa shape index (κ3) is 5.04. The Morgan fingerprint density at radius 1 is 1.29 bits per heavy atom. The molecule has 1 atom stereocenters. The molecule has 1 aromatic heterocycles. The van der Waals surface area contributed by atoms with Gasteiger partial charge in [0.1, 0.15) is 0 Å². The molecule has 2 aliphatic rings. The van der Waals surface area contributed by atoms with Crippen molar-refractivity contribution >= 4 is 11.8 Å². The Hall–Kier alpha value is -2.09. The first-order valence-corrected chi connectivity index (χ1v) is 10.6. The zero-order chi connectivity index (χ0) is 19.9. The third-order valence-electron chi connectivity index (χ3n) is 5.83. The lowest BCUT2D eigenvalue weighted by atomic mass is 9.85. The van der Waals surface area contributed by atoms with E-state index < -0.39 is 0 Å². The molecular formula is C20H34N6O2. The number of guanidine groups is 1. The number of nitrogens with zero attached hydrogens (tertiary/aromatic N) is 5. The van der Waals surface area contributed by atoms with Gasteiger partial charge in [-0.05, 0) is 25.7 Å². The molecule has 1 aromatic rings. The van der Waals surface area contributed by atoms with Gasteiger partial charge in [0, 0.05) is 52.2 Å². The van der Waals surface area contributed by atoms with Gasteiger partial charge in [-0.15, -0.1) is 0 Å². The van der Waals surface area contributed by atoms with Crippen LogP contribution in [-0.2, 0) is 7.05 Å². The van der Waals surface area contributed by atoms with E-state index in [1.54, 1.807) is 24.0 Å². The SMILES string of the molecule is CCNC(=NCC(O)C1CCCCC1)N1CCN(c2nccn(C)c2=O)CC1. The minimum absolute atomic E-state index is 0.0628. The summed E-state index contributed by atoms with van der Waals surface area (Å²) >= 11 is 0. The Labute approximate surface area is 167 Å². The normalized spacial score (nSPS) is 20.3. The summed E-state index contributed by atoms with van der Waals surface area (Å²) in [5.74, 6) is 1.75. The Balaban J connectivity index is 1.59. The number of aliphatic imine (C=N–C) groups is 1. The van der Waals surface area contributed by atoms with Gasteiger partial charge in [0.2, 0.25) is 0 Å². The highest BCUT2D eigenvalue weighted by molar-refractivity contribution is 5.80. The van der Waals surface area contributed by atoms with Crippen molar-refractivity contribution < 1.29 is 5.11 Å². The van der Waals surface area contributed by atoms with Crippen LogP contribution in [0.2, 0.25) is 0 Å². The fraction of sp³-hybridized carbons (Fsp3) is 0.750. The Bertz CT molecular complexity index is 705. The monoisotopic (exact) mass is 390 g/mol. The molecule has 8 heteroatoms. The van der Waals surface area contributed by atoms with Crippen LogP contribution in [0.5, 0.6) is 0 Å². The van der Waals surface area contributed by atoms with Crippen LogP contribution in [-0.4, -0.2) is 70.9 Å². The molecule has 1 unspecified atom stereocenters. The summed E-state index contributed by atoms with van der Waals surface area (Å²) in [6.45, 7) is 6.29. The van der Waals surface area contributed by atoms with Gasteiger partial charge in [-0.1, -0.05) is 19.3 Å². The smallest absolute Gasteiger partial charge is 0.293 e. The number of rotatable bonds is 5. The molecule has 0 bridgehead atoms. The minimum atomic E-state index is -0.355. The zero-order valence-electron chi connectivity index (χ0n) is 17.2. The molecule has 2 N–H and O–H groups in total. The van der Waals surface area contributed by atoms with E-state index in [0.29, 0.717) is 18.3 Å². The van der Waals surface area contributed by atoms with Crippen LogP contribution in [0.1, 0.15) is 39.0 Å². The number of nitrogens with one attached hydrogen (secondary N) is 1. The fourth-order valence-corrected chi connectivity index (χ4v) is 4.11. The third-order valence-corrected chi connectivity index (χ3v) is 5.83. The first-order valence-electron chi connectivity index (χ1n) is 10.6. The molecule has 0 amide bonds. The van der Waals surface area contributed by atoms with Gasteiger partial charge in [0.05, 0.1) is 12.6 Å². The molecule has 28 heavy (non-hydrogen) atoms. The quantitative estimate of drug-likeness (QED) is 0.572. The van der Waals surface area contributed by atoms with Crippen LogP contribution >= 0.6 is 0 Å². The molecule has 0 aromatic carbocycles. The van der Waals surface area contributed by atoms with Crippen LogP contribution in [0.3, 0.4) is 0 Å². The summed E-state index contributed by atoms with van der Waals surface area (Å²) in [5, 5.41) is 13.9. The molecular weight excluding hydrogens is 356 g/mol. The summed E-state index contributed by atoms with van der Waals surface area (Å²) in [6.07, 6.45) is 8.96.